The second-order valence-corrected chi connectivity index (χ2v) is 4.44. The van der Waals surface area contributed by atoms with Crippen LogP contribution >= 0.6 is 34.2 Å². The topological polar surface area (TPSA) is 12.0 Å². The maximum absolute atomic E-state index is 12.8. The van der Waals surface area contributed by atoms with Crippen LogP contribution in [0.3, 0.4) is 0 Å². The molecule has 0 fully saturated rings. The number of benzene rings is 1. The Kier molecular flexibility index (Phi) is 5.74. The van der Waals surface area contributed by atoms with E-state index < -0.39 is 0 Å². The minimum Gasteiger partial charge on any atom is -0.313 e. The summed E-state index contributed by atoms with van der Waals surface area (Å²) in [6, 6.07) is 4.43. The Morgan fingerprint density at radius 2 is 2.21 bits per heavy atom. The van der Waals surface area contributed by atoms with Gasteiger partial charge in [-0.05, 0) is 36.7 Å². The van der Waals surface area contributed by atoms with Gasteiger partial charge in [-0.3, -0.25) is 0 Å². The molecule has 0 unspecified atom stereocenters. The van der Waals surface area contributed by atoms with Crippen LogP contribution < -0.4 is 5.32 Å². The third-order valence-corrected chi connectivity index (χ3v) is 2.94. The van der Waals surface area contributed by atoms with Crippen molar-refractivity contribution < 1.29 is 4.39 Å². The Morgan fingerprint density at radius 3 is 2.93 bits per heavy atom. The van der Waals surface area contributed by atoms with Gasteiger partial charge in [0.2, 0.25) is 0 Å². The van der Waals surface area contributed by atoms with Crippen molar-refractivity contribution in [3.63, 3.8) is 0 Å². The minimum absolute atomic E-state index is 0.236. The quantitative estimate of drug-likeness (QED) is 0.496. The fourth-order valence-electron chi connectivity index (χ4n) is 1.09. The van der Waals surface area contributed by atoms with Crippen molar-refractivity contribution in [1.82, 2.24) is 5.32 Å². The predicted molar refractivity (Wildman–Crippen MR) is 66.6 cm³/mol. The molecular formula is C10H12ClFIN. The highest BCUT2D eigenvalue weighted by Gasteiger charge is 2.00. The van der Waals surface area contributed by atoms with E-state index in [9.17, 15) is 4.39 Å². The summed E-state index contributed by atoms with van der Waals surface area (Å²) in [4.78, 5) is 0. The Labute approximate surface area is 102 Å². The van der Waals surface area contributed by atoms with E-state index in [-0.39, 0.29) is 5.82 Å². The zero-order chi connectivity index (χ0) is 10.4. The molecule has 0 spiro atoms. The standard InChI is InChI=1S/C10H12ClFIN/c11-10-3-2-9(12)6-8(10)7-14-5-1-4-13/h2-3,6,14H,1,4-5,7H2. The average molecular weight is 328 g/mol. The van der Waals surface area contributed by atoms with Crippen molar-refractivity contribution in [3.8, 4) is 0 Å². The van der Waals surface area contributed by atoms with Crippen molar-refractivity contribution in [2.24, 2.45) is 0 Å². The van der Waals surface area contributed by atoms with Crippen LogP contribution in [0.5, 0.6) is 0 Å². The van der Waals surface area contributed by atoms with Crippen molar-refractivity contribution >= 4 is 34.2 Å². The van der Waals surface area contributed by atoms with E-state index in [4.69, 9.17) is 11.6 Å². The van der Waals surface area contributed by atoms with Crippen LogP contribution in [0.15, 0.2) is 18.2 Å². The van der Waals surface area contributed by atoms with Gasteiger partial charge < -0.3 is 5.32 Å². The molecule has 78 valence electrons. The Morgan fingerprint density at radius 1 is 1.43 bits per heavy atom. The van der Waals surface area contributed by atoms with E-state index >= 15 is 0 Å². The lowest BCUT2D eigenvalue weighted by molar-refractivity contribution is 0.620. The smallest absolute Gasteiger partial charge is 0.123 e. The average Bonchev–Trinajstić information content (AvgIpc) is 2.18. The molecule has 0 heterocycles. The van der Waals surface area contributed by atoms with Gasteiger partial charge in [0, 0.05) is 16.0 Å². The lowest BCUT2D eigenvalue weighted by Crippen LogP contribution is -2.15. The third kappa shape index (κ3) is 4.11. The first-order valence-electron chi connectivity index (χ1n) is 4.44. The van der Waals surface area contributed by atoms with Crippen LogP contribution in [0.2, 0.25) is 5.02 Å². The number of halogens is 3. The summed E-state index contributed by atoms with van der Waals surface area (Å²) in [5.74, 6) is -0.236. The summed E-state index contributed by atoms with van der Waals surface area (Å²) >= 11 is 8.23. The molecule has 4 heteroatoms. The Hall–Kier alpha value is 0.130. The second-order valence-electron chi connectivity index (χ2n) is 2.96. The van der Waals surface area contributed by atoms with Crippen LogP contribution in [-0.4, -0.2) is 11.0 Å². The first kappa shape index (κ1) is 12.2. The van der Waals surface area contributed by atoms with E-state index in [0.717, 1.165) is 23.0 Å². The van der Waals surface area contributed by atoms with Crippen molar-refractivity contribution in [3.05, 3.63) is 34.6 Å². The lowest BCUT2D eigenvalue weighted by atomic mass is 10.2. The molecule has 1 N–H and O–H groups in total. The molecule has 0 saturated heterocycles. The SMILES string of the molecule is Fc1ccc(Cl)c(CNCCCI)c1. The first-order chi connectivity index (χ1) is 6.74. The van der Waals surface area contributed by atoms with Gasteiger partial charge in [-0.1, -0.05) is 34.2 Å². The van der Waals surface area contributed by atoms with Crippen LogP contribution in [-0.2, 0) is 6.54 Å². The number of hydrogen-bond acceptors (Lipinski definition) is 1. The van der Waals surface area contributed by atoms with Gasteiger partial charge in [0.1, 0.15) is 5.82 Å². The molecule has 0 aromatic heterocycles. The van der Waals surface area contributed by atoms with Crippen LogP contribution in [0.4, 0.5) is 4.39 Å². The summed E-state index contributed by atoms with van der Waals surface area (Å²) in [6.07, 6.45) is 1.12. The highest BCUT2D eigenvalue weighted by molar-refractivity contribution is 14.1. The molecule has 0 atom stereocenters. The summed E-state index contributed by atoms with van der Waals surface area (Å²) in [7, 11) is 0. The molecule has 1 nitrogen and oxygen atoms in total. The maximum Gasteiger partial charge on any atom is 0.123 e. The largest absolute Gasteiger partial charge is 0.313 e. The highest BCUT2D eigenvalue weighted by atomic mass is 127. The Balaban J connectivity index is 2.45. The van der Waals surface area contributed by atoms with Crippen molar-refractivity contribution in [2.75, 3.05) is 11.0 Å². The second kappa shape index (κ2) is 6.58. The molecule has 1 rings (SSSR count). The highest BCUT2D eigenvalue weighted by Crippen LogP contribution is 2.16. The summed E-state index contributed by atoms with van der Waals surface area (Å²) in [5, 5.41) is 3.83. The molecule has 0 bridgehead atoms. The molecule has 0 aliphatic heterocycles. The number of nitrogens with one attached hydrogen (secondary N) is 1. The third-order valence-electron chi connectivity index (χ3n) is 1.81. The van der Waals surface area contributed by atoms with Gasteiger partial charge >= 0.3 is 0 Å². The molecule has 0 saturated carbocycles. The molecular weight excluding hydrogens is 315 g/mol. The number of hydrogen-bond donors (Lipinski definition) is 1. The molecule has 0 radical (unpaired) electrons. The van der Waals surface area contributed by atoms with Crippen LogP contribution in [0.1, 0.15) is 12.0 Å². The fraction of sp³-hybridized carbons (Fsp3) is 0.400. The lowest BCUT2D eigenvalue weighted by Gasteiger charge is -2.05. The Bertz CT molecular complexity index is 293. The first-order valence-corrected chi connectivity index (χ1v) is 6.35. The molecule has 1 aromatic rings. The van der Waals surface area contributed by atoms with Gasteiger partial charge in [0.25, 0.3) is 0 Å². The summed E-state index contributed by atoms with van der Waals surface area (Å²) in [6.45, 7) is 1.57. The monoisotopic (exact) mass is 327 g/mol. The molecule has 14 heavy (non-hydrogen) atoms. The van der Waals surface area contributed by atoms with E-state index in [1.54, 1.807) is 6.07 Å². The van der Waals surface area contributed by atoms with Crippen molar-refractivity contribution in [2.45, 2.75) is 13.0 Å². The van der Waals surface area contributed by atoms with Gasteiger partial charge in [-0.25, -0.2) is 4.39 Å². The van der Waals surface area contributed by atoms with Crippen molar-refractivity contribution in [1.29, 1.82) is 0 Å². The minimum atomic E-state index is -0.236. The molecule has 0 aliphatic rings. The zero-order valence-electron chi connectivity index (χ0n) is 7.69. The predicted octanol–water partition coefficient (Wildman–Crippen LogP) is 3.39. The van der Waals surface area contributed by atoms with E-state index in [1.165, 1.54) is 12.1 Å². The summed E-state index contributed by atoms with van der Waals surface area (Å²) < 4.78 is 14.0. The van der Waals surface area contributed by atoms with Gasteiger partial charge in [0.05, 0.1) is 0 Å². The van der Waals surface area contributed by atoms with Crippen LogP contribution in [0.25, 0.3) is 0 Å². The normalized spacial score (nSPS) is 10.5. The number of alkyl halides is 1. The van der Waals surface area contributed by atoms with E-state index in [1.807, 2.05) is 0 Å². The molecule has 0 aliphatic carbocycles. The van der Waals surface area contributed by atoms with Crippen LogP contribution in [0, 0.1) is 5.82 Å². The zero-order valence-corrected chi connectivity index (χ0v) is 10.6. The van der Waals surface area contributed by atoms with Gasteiger partial charge in [0.15, 0.2) is 0 Å². The fourth-order valence-corrected chi connectivity index (χ4v) is 1.66. The number of rotatable bonds is 5. The maximum atomic E-state index is 12.8. The van der Waals surface area contributed by atoms with E-state index in [0.29, 0.717) is 11.6 Å². The van der Waals surface area contributed by atoms with Gasteiger partial charge in [-0.15, -0.1) is 0 Å². The van der Waals surface area contributed by atoms with E-state index in [2.05, 4.69) is 27.9 Å². The summed E-state index contributed by atoms with van der Waals surface area (Å²) in [5.41, 5.74) is 0.820. The molecule has 1 aromatic carbocycles. The molecule has 0 amide bonds. The van der Waals surface area contributed by atoms with Gasteiger partial charge in [-0.2, -0.15) is 0 Å².